The van der Waals surface area contributed by atoms with Gasteiger partial charge in [0.15, 0.2) is 9.84 Å². The van der Waals surface area contributed by atoms with Crippen molar-refractivity contribution in [3.05, 3.63) is 54.1 Å². The van der Waals surface area contributed by atoms with Gasteiger partial charge in [-0.3, -0.25) is 4.79 Å². The highest BCUT2D eigenvalue weighted by molar-refractivity contribution is 7.90. The van der Waals surface area contributed by atoms with E-state index in [9.17, 15) is 21.6 Å². The molecule has 0 spiro atoms. The topological polar surface area (TPSA) is 101 Å². The second-order valence-electron chi connectivity index (χ2n) is 9.52. The minimum Gasteiger partial charge on any atom is -0.492 e. The molecule has 4 rings (SSSR count). The van der Waals surface area contributed by atoms with Crippen molar-refractivity contribution >= 4 is 25.8 Å². The fraction of sp³-hybridized carbons (Fsp3) is 0.500. The molecule has 1 atom stereocenters. The van der Waals surface area contributed by atoms with Gasteiger partial charge in [0.25, 0.3) is 0 Å². The van der Waals surface area contributed by atoms with Crippen LogP contribution < -0.4 is 4.74 Å². The molecule has 2 aliphatic rings. The van der Waals surface area contributed by atoms with Crippen LogP contribution in [0.15, 0.2) is 58.3 Å². The molecular formula is C26H34N2O6S2. The Kier molecular flexibility index (Phi) is 8.37. The van der Waals surface area contributed by atoms with Crippen molar-refractivity contribution in [1.82, 2.24) is 9.21 Å². The van der Waals surface area contributed by atoms with Crippen molar-refractivity contribution in [1.29, 1.82) is 0 Å². The Morgan fingerprint density at radius 1 is 0.833 bits per heavy atom. The van der Waals surface area contributed by atoms with Crippen molar-refractivity contribution in [3.63, 3.8) is 0 Å². The number of piperidine rings is 1. The van der Waals surface area contributed by atoms with Gasteiger partial charge < -0.3 is 9.64 Å². The average Bonchev–Trinajstić information content (AvgIpc) is 2.86. The van der Waals surface area contributed by atoms with Gasteiger partial charge in [-0.2, -0.15) is 4.31 Å². The van der Waals surface area contributed by atoms with Crippen molar-refractivity contribution in [2.45, 2.75) is 60.8 Å². The molecule has 0 radical (unpaired) electrons. The third-order valence-corrected chi connectivity index (χ3v) is 9.95. The fourth-order valence-electron chi connectivity index (χ4n) is 4.93. The third-order valence-electron chi connectivity index (χ3n) is 6.91. The molecule has 2 aliphatic heterocycles. The smallest absolute Gasteiger partial charge is 0.243 e. The molecule has 36 heavy (non-hydrogen) atoms. The van der Waals surface area contributed by atoms with Gasteiger partial charge in [0.05, 0.1) is 9.79 Å². The summed E-state index contributed by atoms with van der Waals surface area (Å²) in [6.07, 6.45) is 6.62. The van der Waals surface area contributed by atoms with Crippen LogP contribution in [0, 0.1) is 0 Å². The summed E-state index contributed by atoms with van der Waals surface area (Å²) in [5.74, 6) is 0.767. The van der Waals surface area contributed by atoms with E-state index >= 15 is 0 Å². The van der Waals surface area contributed by atoms with Crippen molar-refractivity contribution in [2.24, 2.45) is 0 Å². The SMILES string of the molecule is CS(=O)(=O)c1ccc(S(=O)(=O)N2CCCC(=O)N3CCCCC3CCc3cccc(c3)OCC2)cc1. The predicted octanol–water partition coefficient (Wildman–Crippen LogP) is 3.27. The second kappa shape index (κ2) is 11.3. The second-order valence-corrected chi connectivity index (χ2v) is 13.5. The molecule has 2 aromatic rings. The first-order valence-corrected chi connectivity index (χ1v) is 15.8. The predicted molar refractivity (Wildman–Crippen MR) is 137 cm³/mol. The maximum atomic E-state index is 13.5. The van der Waals surface area contributed by atoms with Crippen molar-refractivity contribution in [2.75, 3.05) is 32.5 Å². The summed E-state index contributed by atoms with van der Waals surface area (Å²) in [5.41, 5.74) is 1.13. The highest BCUT2D eigenvalue weighted by Crippen LogP contribution is 2.25. The summed E-state index contributed by atoms with van der Waals surface area (Å²) >= 11 is 0. The summed E-state index contributed by atoms with van der Waals surface area (Å²) in [6.45, 7) is 1.19. The molecular weight excluding hydrogens is 500 g/mol. The molecule has 8 nitrogen and oxygen atoms in total. The summed E-state index contributed by atoms with van der Waals surface area (Å²) in [5, 5.41) is 0. The van der Waals surface area contributed by atoms with Crippen molar-refractivity contribution in [3.8, 4) is 5.75 Å². The number of benzene rings is 2. The van der Waals surface area contributed by atoms with Crippen LogP contribution in [0.4, 0.5) is 0 Å². The zero-order chi connectivity index (χ0) is 25.8. The number of sulfonamides is 1. The quantitative estimate of drug-likeness (QED) is 0.599. The van der Waals surface area contributed by atoms with Crippen molar-refractivity contribution < 1.29 is 26.4 Å². The maximum absolute atomic E-state index is 13.5. The van der Waals surface area contributed by atoms with E-state index in [0.29, 0.717) is 12.2 Å². The van der Waals surface area contributed by atoms with Gasteiger partial charge in [-0.25, -0.2) is 16.8 Å². The number of ether oxygens (including phenoxy) is 1. The van der Waals surface area contributed by atoms with E-state index in [1.165, 1.54) is 28.6 Å². The Labute approximate surface area is 214 Å². The third kappa shape index (κ3) is 6.46. The summed E-state index contributed by atoms with van der Waals surface area (Å²) in [7, 11) is -7.35. The maximum Gasteiger partial charge on any atom is 0.243 e. The first-order valence-electron chi connectivity index (χ1n) is 12.5. The lowest BCUT2D eigenvalue weighted by Crippen LogP contribution is -2.44. The largest absolute Gasteiger partial charge is 0.492 e. The summed E-state index contributed by atoms with van der Waals surface area (Å²) < 4.78 is 57.7. The molecule has 1 saturated heterocycles. The van der Waals surface area contributed by atoms with E-state index in [4.69, 9.17) is 4.74 Å². The van der Waals surface area contributed by atoms with E-state index in [1.54, 1.807) is 0 Å². The number of hydrogen-bond acceptors (Lipinski definition) is 6. The number of amides is 1. The van der Waals surface area contributed by atoms with Crippen LogP contribution in [-0.2, 0) is 31.1 Å². The Morgan fingerprint density at radius 2 is 1.58 bits per heavy atom. The molecule has 1 unspecified atom stereocenters. The van der Waals surface area contributed by atoms with Gasteiger partial charge >= 0.3 is 0 Å². The lowest BCUT2D eigenvalue weighted by molar-refractivity contribution is -0.135. The number of carbonyl (C=O) groups excluding carboxylic acids is 1. The molecule has 1 fully saturated rings. The van der Waals surface area contributed by atoms with Gasteiger partial charge in [0, 0.05) is 38.4 Å². The molecule has 0 saturated carbocycles. The Bertz CT molecular complexity index is 1280. The van der Waals surface area contributed by atoms with E-state index in [0.717, 1.165) is 50.5 Å². The van der Waals surface area contributed by atoms with Gasteiger partial charge in [-0.1, -0.05) is 12.1 Å². The van der Waals surface area contributed by atoms with Gasteiger partial charge in [0.2, 0.25) is 15.9 Å². The highest BCUT2D eigenvalue weighted by atomic mass is 32.2. The van der Waals surface area contributed by atoms with Gasteiger partial charge in [-0.15, -0.1) is 0 Å². The fourth-order valence-corrected chi connectivity index (χ4v) is 7.02. The van der Waals surface area contributed by atoms with Gasteiger partial charge in [-0.05, 0) is 80.5 Å². The molecule has 2 heterocycles. The number of nitrogens with zero attached hydrogens (tertiary/aromatic N) is 2. The zero-order valence-electron chi connectivity index (χ0n) is 20.6. The van der Waals surface area contributed by atoms with Crippen LogP contribution in [0.2, 0.25) is 0 Å². The van der Waals surface area contributed by atoms with Crippen LogP contribution in [0.5, 0.6) is 5.75 Å². The lowest BCUT2D eigenvalue weighted by atomic mass is 9.95. The van der Waals surface area contributed by atoms with E-state index in [1.807, 2.05) is 23.1 Å². The minimum absolute atomic E-state index is 0.0113. The summed E-state index contributed by atoms with van der Waals surface area (Å²) in [6, 6.07) is 13.3. The van der Waals surface area contributed by atoms with Crippen LogP contribution >= 0.6 is 0 Å². The van der Waals surface area contributed by atoms with E-state index in [2.05, 4.69) is 6.07 Å². The van der Waals surface area contributed by atoms with Crippen LogP contribution in [0.1, 0.15) is 44.1 Å². The number of carbonyl (C=O) groups is 1. The molecule has 196 valence electrons. The van der Waals surface area contributed by atoms with Gasteiger partial charge in [0.1, 0.15) is 12.4 Å². The van der Waals surface area contributed by atoms with Crippen LogP contribution in [0.3, 0.4) is 0 Å². The first-order chi connectivity index (χ1) is 17.1. The summed E-state index contributed by atoms with van der Waals surface area (Å²) in [4.78, 5) is 15.2. The number of rotatable bonds is 3. The lowest BCUT2D eigenvalue weighted by Gasteiger charge is -2.36. The standard InChI is InChI=1S/C26H34N2O6S2/c1-35(30,31)24-12-14-25(15-13-24)36(32,33)27-16-5-9-26(29)28-17-3-2-7-22(28)11-10-21-6-4-8-23(20-21)34-19-18-27/h4,6,8,12-15,20,22H,2-3,5,7,9-11,16-19H2,1H3. The molecule has 1 amide bonds. The number of sulfone groups is 1. The Balaban J connectivity index is 1.58. The van der Waals surface area contributed by atoms with E-state index < -0.39 is 19.9 Å². The van der Waals surface area contributed by atoms with E-state index in [-0.39, 0.29) is 47.9 Å². The Morgan fingerprint density at radius 3 is 2.33 bits per heavy atom. The highest BCUT2D eigenvalue weighted by Gasteiger charge is 2.28. The molecule has 0 N–H and O–H groups in total. The molecule has 0 aromatic heterocycles. The first kappa shape index (κ1) is 26.6. The monoisotopic (exact) mass is 534 g/mol. The minimum atomic E-state index is -3.91. The van der Waals surface area contributed by atoms with Crippen LogP contribution in [-0.4, -0.2) is 70.5 Å². The average molecular weight is 535 g/mol. The number of fused-ring (bicyclic) bond motifs is 3. The molecule has 0 aliphatic carbocycles. The zero-order valence-corrected chi connectivity index (χ0v) is 22.3. The number of hydrogen-bond donors (Lipinski definition) is 0. The number of aryl methyl sites for hydroxylation is 1. The molecule has 2 aromatic carbocycles. The molecule has 2 bridgehead atoms. The molecule has 10 heteroatoms. The Hall–Kier alpha value is -2.43. The normalized spacial score (nSPS) is 21.1. The van der Waals surface area contributed by atoms with Crippen LogP contribution in [0.25, 0.3) is 0 Å².